The molecule has 11 heavy (non-hydrogen) atoms. The first-order valence-corrected chi connectivity index (χ1v) is 3.61. The Hall–Kier alpha value is -0.351. The number of para-hydroxylation sites is 1. The number of benzene rings is 1. The molecule has 0 spiro atoms. The van der Waals surface area contributed by atoms with Crippen molar-refractivity contribution in [3.05, 3.63) is 30.3 Å². The fraction of sp³-hybridized carbons (Fsp3) is 0. The van der Waals surface area contributed by atoms with Crippen LogP contribution in [0, 0.1) is 0 Å². The van der Waals surface area contributed by atoms with Crippen LogP contribution in [0.2, 0.25) is 0 Å². The Bertz CT molecular complexity index is 227. The van der Waals surface area contributed by atoms with Crippen molar-refractivity contribution in [1.29, 1.82) is 0 Å². The minimum absolute atomic E-state index is 0. The zero-order valence-corrected chi connectivity index (χ0v) is 7.29. The van der Waals surface area contributed by atoms with Gasteiger partial charge in [0.1, 0.15) is 17.1 Å². The molecule has 1 aromatic carbocycles. The maximum Gasteiger partial charge on any atom is 0.139 e. The van der Waals surface area contributed by atoms with Crippen molar-refractivity contribution in [1.82, 2.24) is 0 Å². The van der Waals surface area contributed by atoms with Gasteiger partial charge < -0.3 is 8.74 Å². The minimum Gasteiger partial charge on any atom is -0.740 e. The monoisotopic (exact) mass is 213 g/mol. The van der Waals surface area contributed by atoms with Gasteiger partial charge in [-0.15, -0.1) is 0 Å². The molecule has 5 heteroatoms. The fourth-order valence-electron chi connectivity index (χ4n) is 0.555. The van der Waals surface area contributed by atoms with E-state index >= 15 is 0 Å². The maximum absolute atomic E-state index is 9.95. The molecule has 0 aliphatic heterocycles. The summed E-state index contributed by atoms with van der Waals surface area (Å²) in [5.74, 6) is 0.329. The van der Waals surface area contributed by atoms with Gasteiger partial charge >= 0.3 is 0 Å². The molecule has 0 fully saturated rings. The molecule has 0 aliphatic rings. The molecule has 0 aliphatic carbocycles. The van der Waals surface area contributed by atoms with E-state index in [4.69, 9.17) is 0 Å². The number of hydrogen-bond acceptors (Lipinski definition) is 3. The van der Waals surface area contributed by atoms with E-state index in [0.29, 0.717) is 5.75 Å². The van der Waals surface area contributed by atoms with Crippen molar-refractivity contribution in [3.63, 3.8) is 0 Å². The quantitative estimate of drug-likeness (QED) is 0.540. The summed E-state index contributed by atoms with van der Waals surface area (Å²) in [5, 5.41) is 0. The van der Waals surface area contributed by atoms with Crippen molar-refractivity contribution in [2.75, 3.05) is 0 Å². The topological polar surface area (TPSA) is 49.4 Å². The Balaban J connectivity index is 0.000001000. The van der Waals surface area contributed by atoms with Crippen LogP contribution in [0.3, 0.4) is 0 Å². The minimum atomic E-state index is -2.47. The summed E-state index contributed by atoms with van der Waals surface area (Å²) >= 11 is -2.47. The van der Waals surface area contributed by atoms with Gasteiger partial charge in [0.05, 0.1) is 0 Å². The summed E-state index contributed by atoms with van der Waals surface area (Å²) in [4.78, 5) is 0. The number of rotatable bonds is 2. The molecule has 0 saturated heterocycles. The molecular formula is C6H5FeO3S-. The zero-order chi connectivity index (χ0) is 7.40. The smallest absolute Gasteiger partial charge is 0.139 e. The third-order valence-corrected chi connectivity index (χ3v) is 1.24. The van der Waals surface area contributed by atoms with Crippen molar-refractivity contribution in [3.8, 4) is 5.75 Å². The van der Waals surface area contributed by atoms with Crippen molar-refractivity contribution in [2.24, 2.45) is 0 Å². The van der Waals surface area contributed by atoms with Gasteiger partial charge in [0.15, 0.2) is 0 Å². The van der Waals surface area contributed by atoms with Crippen LogP contribution in [0.25, 0.3) is 0 Å². The van der Waals surface area contributed by atoms with Gasteiger partial charge in [0.25, 0.3) is 0 Å². The van der Waals surface area contributed by atoms with Crippen molar-refractivity contribution < 1.29 is 30.0 Å². The number of hydrogen-bond donors (Lipinski definition) is 0. The molecule has 0 amide bonds. The second kappa shape index (κ2) is 5.32. The van der Waals surface area contributed by atoms with Gasteiger partial charge in [-0.05, 0) is 12.1 Å². The first-order chi connectivity index (χ1) is 4.79. The van der Waals surface area contributed by atoms with Gasteiger partial charge in [-0.3, -0.25) is 0 Å². The molecule has 1 rings (SSSR count). The van der Waals surface area contributed by atoms with Crippen molar-refractivity contribution >= 4 is 11.4 Å². The average molecular weight is 213 g/mol. The molecule has 0 aromatic heterocycles. The van der Waals surface area contributed by atoms with E-state index < -0.39 is 11.4 Å². The Labute approximate surface area is 77.7 Å². The van der Waals surface area contributed by atoms with Crippen LogP contribution in [-0.4, -0.2) is 8.76 Å². The molecule has 1 atom stereocenters. The summed E-state index contributed by atoms with van der Waals surface area (Å²) in [5.41, 5.74) is 0. The molecular weight excluding hydrogens is 208 g/mol. The van der Waals surface area contributed by atoms with E-state index in [2.05, 4.69) is 4.18 Å². The Kier molecular flexibility index (Phi) is 5.15. The summed E-state index contributed by atoms with van der Waals surface area (Å²) in [7, 11) is 0. The maximum atomic E-state index is 9.95. The van der Waals surface area contributed by atoms with Crippen LogP contribution in [0.15, 0.2) is 30.3 Å². The first-order valence-electron chi connectivity index (χ1n) is 2.61. The third-order valence-electron chi connectivity index (χ3n) is 0.907. The van der Waals surface area contributed by atoms with E-state index in [9.17, 15) is 8.76 Å². The Morgan fingerprint density at radius 3 is 2.27 bits per heavy atom. The largest absolute Gasteiger partial charge is 0.740 e. The van der Waals surface area contributed by atoms with Crippen LogP contribution in [-0.2, 0) is 28.4 Å². The van der Waals surface area contributed by atoms with Crippen LogP contribution < -0.4 is 4.18 Å². The molecule has 0 saturated carbocycles. The summed E-state index contributed by atoms with van der Waals surface area (Å²) in [6.45, 7) is 0. The second-order valence-electron chi connectivity index (χ2n) is 1.60. The normalized spacial score (nSPS) is 11.4. The van der Waals surface area contributed by atoms with Gasteiger partial charge in [0, 0.05) is 17.1 Å². The molecule has 0 bridgehead atoms. The molecule has 3 nitrogen and oxygen atoms in total. The predicted molar refractivity (Wildman–Crippen MR) is 36.0 cm³/mol. The molecule has 1 unspecified atom stereocenters. The Morgan fingerprint density at radius 2 is 1.82 bits per heavy atom. The van der Waals surface area contributed by atoms with Gasteiger partial charge in [0.2, 0.25) is 0 Å². The molecule has 0 radical (unpaired) electrons. The summed E-state index contributed by atoms with van der Waals surface area (Å²) in [6, 6.07) is 8.30. The van der Waals surface area contributed by atoms with Crippen LogP contribution in [0.4, 0.5) is 0 Å². The fourth-order valence-corrected chi connectivity index (χ4v) is 0.823. The van der Waals surface area contributed by atoms with Crippen LogP contribution >= 0.6 is 0 Å². The standard InChI is InChI=1S/C6H6O3S.Fe/c7-10(8)9-6-4-2-1-3-5-6;/h1-5H,(H,7,8);/p-1. The van der Waals surface area contributed by atoms with Gasteiger partial charge in [-0.25, -0.2) is 4.21 Å². The summed E-state index contributed by atoms with van der Waals surface area (Å²) in [6.07, 6.45) is 0. The van der Waals surface area contributed by atoms with E-state index in [1.54, 1.807) is 30.3 Å². The average Bonchev–Trinajstić information content (AvgIpc) is 1.88. The van der Waals surface area contributed by atoms with Gasteiger partial charge in [-0.2, -0.15) is 0 Å². The van der Waals surface area contributed by atoms with E-state index in [1.165, 1.54) is 0 Å². The zero-order valence-electron chi connectivity index (χ0n) is 5.37. The summed E-state index contributed by atoms with van der Waals surface area (Å²) < 4.78 is 24.2. The van der Waals surface area contributed by atoms with Crippen LogP contribution in [0.1, 0.15) is 0 Å². The first kappa shape index (κ1) is 10.6. The predicted octanol–water partition coefficient (Wildman–Crippen LogP) is 0.857. The van der Waals surface area contributed by atoms with Gasteiger partial charge in [-0.1, -0.05) is 18.2 Å². The van der Waals surface area contributed by atoms with Crippen LogP contribution in [0.5, 0.6) is 5.75 Å². The molecule has 0 N–H and O–H groups in total. The molecule has 1 aromatic rings. The second-order valence-corrected chi connectivity index (χ2v) is 2.18. The molecule has 0 heterocycles. The van der Waals surface area contributed by atoms with E-state index in [1.807, 2.05) is 0 Å². The van der Waals surface area contributed by atoms with E-state index in [0.717, 1.165) is 0 Å². The molecule has 62 valence electrons. The SMILES string of the molecule is O=S([O-])Oc1ccccc1.[Fe]. The third kappa shape index (κ3) is 4.16. The van der Waals surface area contributed by atoms with E-state index in [-0.39, 0.29) is 17.1 Å². The Morgan fingerprint density at radius 1 is 1.27 bits per heavy atom. The van der Waals surface area contributed by atoms with Crippen molar-refractivity contribution in [2.45, 2.75) is 0 Å².